The molecule has 1 heteroatoms. The highest BCUT2D eigenvalue weighted by molar-refractivity contribution is 5.18. The highest BCUT2D eigenvalue weighted by Gasteiger charge is 2.33. The first-order chi connectivity index (χ1) is 8.27. The molecule has 0 aromatic heterocycles. The van der Waals surface area contributed by atoms with Crippen molar-refractivity contribution < 1.29 is 0 Å². The lowest BCUT2D eigenvalue weighted by Gasteiger charge is -2.37. The summed E-state index contributed by atoms with van der Waals surface area (Å²) in [5, 5.41) is 3.71. The molecule has 2 unspecified atom stereocenters. The van der Waals surface area contributed by atoms with E-state index in [9.17, 15) is 0 Å². The van der Waals surface area contributed by atoms with Gasteiger partial charge in [-0.25, -0.2) is 0 Å². The monoisotopic (exact) mass is 233 g/mol. The van der Waals surface area contributed by atoms with Crippen molar-refractivity contribution in [3.8, 4) is 0 Å². The van der Waals surface area contributed by atoms with E-state index < -0.39 is 0 Å². The van der Waals surface area contributed by atoms with Crippen LogP contribution in [0.1, 0.15) is 46.0 Å². The van der Waals surface area contributed by atoms with E-state index in [1.165, 1.54) is 38.6 Å². The minimum atomic E-state index is 0.375. The molecule has 0 bridgehead atoms. The highest BCUT2D eigenvalue weighted by Crippen LogP contribution is 2.38. The van der Waals surface area contributed by atoms with Crippen LogP contribution in [0.15, 0.2) is 24.3 Å². The summed E-state index contributed by atoms with van der Waals surface area (Å²) in [7, 11) is 0. The fourth-order valence-electron chi connectivity index (χ4n) is 2.90. The Morgan fingerprint density at radius 1 is 1.35 bits per heavy atom. The van der Waals surface area contributed by atoms with Gasteiger partial charge in [-0.3, -0.25) is 0 Å². The molecule has 0 saturated heterocycles. The van der Waals surface area contributed by atoms with Crippen molar-refractivity contribution >= 4 is 0 Å². The Kier molecular flexibility index (Phi) is 4.44. The molecule has 0 spiro atoms. The summed E-state index contributed by atoms with van der Waals surface area (Å²) in [5.41, 5.74) is 0.375. The van der Waals surface area contributed by atoms with E-state index in [1.807, 2.05) is 0 Å². The van der Waals surface area contributed by atoms with Crippen LogP contribution in [-0.2, 0) is 0 Å². The van der Waals surface area contributed by atoms with E-state index >= 15 is 0 Å². The summed E-state index contributed by atoms with van der Waals surface area (Å²) < 4.78 is 0. The first kappa shape index (κ1) is 12.9. The van der Waals surface area contributed by atoms with Gasteiger partial charge < -0.3 is 5.32 Å². The molecule has 96 valence electrons. The minimum absolute atomic E-state index is 0.375. The van der Waals surface area contributed by atoms with Crippen LogP contribution in [-0.4, -0.2) is 13.1 Å². The summed E-state index contributed by atoms with van der Waals surface area (Å²) in [5.74, 6) is 1.76. The van der Waals surface area contributed by atoms with Crippen molar-refractivity contribution in [3.05, 3.63) is 24.3 Å². The number of allylic oxidation sites excluding steroid dienone is 3. The van der Waals surface area contributed by atoms with Gasteiger partial charge in [0.1, 0.15) is 0 Å². The van der Waals surface area contributed by atoms with Crippen molar-refractivity contribution in [1.29, 1.82) is 0 Å². The summed E-state index contributed by atoms with van der Waals surface area (Å²) in [6, 6.07) is 0. The molecule has 1 N–H and O–H groups in total. The number of hydrogen-bond acceptors (Lipinski definition) is 1. The number of hydrogen-bond donors (Lipinski definition) is 1. The van der Waals surface area contributed by atoms with Crippen LogP contribution >= 0.6 is 0 Å². The van der Waals surface area contributed by atoms with Crippen LogP contribution in [0.4, 0.5) is 0 Å². The quantitative estimate of drug-likeness (QED) is 0.702. The second-order valence-electron chi connectivity index (χ2n) is 5.99. The third-order valence-corrected chi connectivity index (χ3v) is 4.46. The van der Waals surface area contributed by atoms with Crippen molar-refractivity contribution in [2.45, 2.75) is 46.0 Å². The molecule has 1 saturated carbocycles. The second-order valence-corrected chi connectivity index (χ2v) is 5.99. The third kappa shape index (κ3) is 3.45. The average Bonchev–Trinajstić information content (AvgIpc) is 3.15. The van der Waals surface area contributed by atoms with Gasteiger partial charge in [-0.05, 0) is 37.6 Å². The van der Waals surface area contributed by atoms with Crippen LogP contribution < -0.4 is 5.32 Å². The van der Waals surface area contributed by atoms with E-state index in [4.69, 9.17) is 0 Å². The minimum Gasteiger partial charge on any atom is -0.316 e. The van der Waals surface area contributed by atoms with Crippen LogP contribution in [0.25, 0.3) is 0 Å². The highest BCUT2D eigenvalue weighted by atomic mass is 14.9. The summed E-state index contributed by atoms with van der Waals surface area (Å²) >= 11 is 0. The maximum atomic E-state index is 3.71. The lowest BCUT2D eigenvalue weighted by atomic mass is 9.70. The number of rotatable bonds is 7. The zero-order chi connectivity index (χ0) is 12.1. The van der Waals surface area contributed by atoms with E-state index in [0.29, 0.717) is 5.41 Å². The van der Waals surface area contributed by atoms with Gasteiger partial charge >= 0.3 is 0 Å². The zero-order valence-corrected chi connectivity index (χ0v) is 11.4. The SMILES string of the molecule is CCCC(C)C1(CNCC2CC2)C=CC=CC1. The molecule has 0 amide bonds. The predicted molar refractivity (Wildman–Crippen MR) is 75.0 cm³/mol. The molecule has 2 aliphatic rings. The second kappa shape index (κ2) is 5.86. The molecule has 0 radical (unpaired) electrons. The normalized spacial score (nSPS) is 29.5. The van der Waals surface area contributed by atoms with Crippen LogP contribution in [0.5, 0.6) is 0 Å². The van der Waals surface area contributed by atoms with E-state index in [1.54, 1.807) is 0 Å². The lowest BCUT2D eigenvalue weighted by Crippen LogP contribution is -2.39. The zero-order valence-electron chi connectivity index (χ0n) is 11.4. The maximum absolute atomic E-state index is 3.71. The third-order valence-electron chi connectivity index (χ3n) is 4.46. The molecule has 2 aliphatic carbocycles. The standard InChI is InChI=1S/C16H27N/c1-3-7-14(2)16(10-5-4-6-11-16)13-17-12-15-8-9-15/h4-6,10,14-15,17H,3,7-9,11-13H2,1-2H3. The molecule has 0 heterocycles. The Labute approximate surface area is 106 Å². The molecule has 2 rings (SSSR count). The predicted octanol–water partition coefficient (Wildman–Crippen LogP) is 3.92. The Hall–Kier alpha value is -0.560. The Morgan fingerprint density at radius 3 is 2.76 bits per heavy atom. The van der Waals surface area contributed by atoms with Gasteiger partial charge in [-0.15, -0.1) is 0 Å². The molecule has 1 nitrogen and oxygen atoms in total. The van der Waals surface area contributed by atoms with Crippen LogP contribution in [0.2, 0.25) is 0 Å². The van der Waals surface area contributed by atoms with E-state index in [-0.39, 0.29) is 0 Å². The maximum Gasteiger partial charge on any atom is 0.00698 e. The Morgan fingerprint density at radius 2 is 2.18 bits per heavy atom. The van der Waals surface area contributed by atoms with Crippen LogP contribution in [0, 0.1) is 17.3 Å². The van der Waals surface area contributed by atoms with Gasteiger partial charge in [0.15, 0.2) is 0 Å². The topological polar surface area (TPSA) is 12.0 Å². The van der Waals surface area contributed by atoms with Gasteiger partial charge in [0, 0.05) is 12.0 Å². The molecular weight excluding hydrogens is 206 g/mol. The average molecular weight is 233 g/mol. The molecule has 17 heavy (non-hydrogen) atoms. The van der Waals surface area contributed by atoms with Gasteiger partial charge in [0.25, 0.3) is 0 Å². The van der Waals surface area contributed by atoms with Crippen molar-refractivity contribution in [3.63, 3.8) is 0 Å². The molecule has 1 fully saturated rings. The summed E-state index contributed by atoms with van der Waals surface area (Å²) in [6.45, 7) is 7.11. The number of nitrogens with one attached hydrogen (secondary N) is 1. The largest absolute Gasteiger partial charge is 0.316 e. The van der Waals surface area contributed by atoms with E-state index in [2.05, 4.69) is 43.5 Å². The van der Waals surface area contributed by atoms with Gasteiger partial charge in [-0.2, -0.15) is 0 Å². The molecule has 0 aromatic carbocycles. The summed E-state index contributed by atoms with van der Waals surface area (Å²) in [4.78, 5) is 0. The van der Waals surface area contributed by atoms with Crippen LogP contribution in [0.3, 0.4) is 0 Å². The Bertz CT molecular complexity index is 288. The van der Waals surface area contributed by atoms with Gasteiger partial charge in [0.2, 0.25) is 0 Å². The van der Waals surface area contributed by atoms with Crippen molar-refractivity contribution in [2.24, 2.45) is 17.3 Å². The van der Waals surface area contributed by atoms with Gasteiger partial charge in [0.05, 0.1) is 0 Å². The fourth-order valence-corrected chi connectivity index (χ4v) is 2.90. The lowest BCUT2D eigenvalue weighted by molar-refractivity contribution is 0.221. The molecule has 0 aromatic rings. The summed E-state index contributed by atoms with van der Waals surface area (Å²) in [6.07, 6.45) is 16.0. The smallest absolute Gasteiger partial charge is 0.00698 e. The first-order valence-electron chi connectivity index (χ1n) is 7.32. The Balaban J connectivity index is 1.90. The fraction of sp³-hybridized carbons (Fsp3) is 0.750. The molecular formula is C16H27N. The van der Waals surface area contributed by atoms with Gasteiger partial charge in [-0.1, -0.05) is 51.0 Å². The van der Waals surface area contributed by atoms with Crippen molar-refractivity contribution in [2.75, 3.05) is 13.1 Å². The molecule has 0 aliphatic heterocycles. The first-order valence-corrected chi connectivity index (χ1v) is 7.32. The van der Waals surface area contributed by atoms with Crippen molar-refractivity contribution in [1.82, 2.24) is 5.32 Å². The molecule has 2 atom stereocenters. The van der Waals surface area contributed by atoms with E-state index in [0.717, 1.165) is 18.4 Å².